The summed E-state index contributed by atoms with van der Waals surface area (Å²) in [6, 6.07) is 13.3. The van der Waals surface area contributed by atoms with Crippen molar-refractivity contribution in [2.24, 2.45) is 5.73 Å². The minimum absolute atomic E-state index is 0.0367. The first-order valence-electron chi connectivity index (χ1n) is 11.1. The van der Waals surface area contributed by atoms with Gasteiger partial charge < -0.3 is 25.8 Å². The molecule has 0 aliphatic heterocycles. The van der Waals surface area contributed by atoms with Crippen LogP contribution in [0.2, 0.25) is 0 Å². The molecule has 12 heteroatoms. The Kier molecular flexibility index (Phi) is 8.35. The number of halogens is 2. The Morgan fingerprint density at radius 1 is 1.11 bits per heavy atom. The number of nitrogens with two attached hydrogens (primary N) is 1. The van der Waals surface area contributed by atoms with Gasteiger partial charge in [0, 0.05) is 36.5 Å². The van der Waals surface area contributed by atoms with Gasteiger partial charge in [-0.2, -0.15) is 0 Å². The number of anilines is 2. The first-order chi connectivity index (χ1) is 17.6. The van der Waals surface area contributed by atoms with E-state index in [-0.39, 0.29) is 17.9 Å². The second-order valence-electron chi connectivity index (χ2n) is 7.71. The number of pyridine rings is 1. The summed E-state index contributed by atoms with van der Waals surface area (Å²) in [5, 5.41) is 12.5. The van der Waals surface area contributed by atoms with Gasteiger partial charge in [0.25, 0.3) is 5.56 Å². The van der Waals surface area contributed by atoms with Gasteiger partial charge in [0.05, 0.1) is 6.61 Å². The maximum absolute atomic E-state index is 14.5. The van der Waals surface area contributed by atoms with Crippen molar-refractivity contribution in [2.75, 3.05) is 11.9 Å². The Hall–Kier alpha value is -4.58. The molecule has 5 N–H and O–H groups in total. The molecule has 0 fully saturated rings. The van der Waals surface area contributed by atoms with Crippen LogP contribution >= 0.6 is 0 Å². The van der Waals surface area contributed by atoms with E-state index in [2.05, 4.69) is 10.6 Å². The molecule has 0 radical (unpaired) electrons. The lowest BCUT2D eigenvalue weighted by molar-refractivity contribution is -0.264. The molecule has 1 atom stereocenters. The Bertz CT molecular complexity index is 1360. The third-order valence-electron chi connectivity index (χ3n) is 5.10. The Balaban J connectivity index is 2.01. The van der Waals surface area contributed by atoms with Crippen LogP contribution in [-0.4, -0.2) is 28.9 Å². The number of amides is 1. The highest BCUT2D eigenvalue weighted by Crippen LogP contribution is 2.23. The number of amidine groups is 1. The van der Waals surface area contributed by atoms with E-state index in [9.17, 15) is 23.2 Å². The van der Waals surface area contributed by atoms with Crippen LogP contribution in [0, 0.1) is 17.0 Å². The molecule has 0 unspecified atom stereocenters. The van der Waals surface area contributed by atoms with Gasteiger partial charge in [-0.05, 0) is 43.3 Å². The van der Waals surface area contributed by atoms with Crippen LogP contribution in [-0.2, 0) is 31.5 Å². The van der Waals surface area contributed by atoms with Gasteiger partial charge in [0.2, 0.25) is 0 Å². The summed E-state index contributed by atoms with van der Waals surface area (Å²) in [6.07, 6.45) is 1.18. The maximum Gasteiger partial charge on any atom is 0.387 e. The summed E-state index contributed by atoms with van der Waals surface area (Å²) in [7, 11) is 0. The fourth-order valence-electron chi connectivity index (χ4n) is 3.47. The highest BCUT2D eigenvalue weighted by atomic mass is 19.1. The molecule has 0 bridgehead atoms. The van der Waals surface area contributed by atoms with E-state index < -0.39 is 52.9 Å². The number of benzene rings is 2. The number of rotatable bonds is 10. The molecule has 3 rings (SSSR count). The number of esters is 1. The Labute approximate surface area is 210 Å². The maximum atomic E-state index is 14.5. The van der Waals surface area contributed by atoms with Crippen molar-refractivity contribution in [3.05, 3.63) is 93.9 Å². The molecule has 0 saturated carbocycles. The van der Waals surface area contributed by atoms with E-state index >= 15 is 0 Å². The molecule has 0 aliphatic rings. The molecule has 0 aliphatic carbocycles. The molecule has 1 heterocycles. The molecule has 2 aromatic carbocycles. The van der Waals surface area contributed by atoms with Crippen molar-refractivity contribution < 1.29 is 27.8 Å². The van der Waals surface area contributed by atoms with Gasteiger partial charge in [0.1, 0.15) is 23.2 Å². The van der Waals surface area contributed by atoms with Gasteiger partial charge >= 0.3 is 17.8 Å². The smallest absolute Gasteiger partial charge is 0.387 e. The molecule has 1 aromatic heterocycles. The summed E-state index contributed by atoms with van der Waals surface area (Å²) in [5.74, 6) is -7.42. The SMILES string of the molecule is CCO[C@](OC(C)=O)(C(=O)NCc1c(F)cc(C(=N)N)cc1F)n1cccc(Nc2ccccc2)c1=O. The Morgan fingerprint density at radius 3 is 2.32 bits per heavy atom. The number of hydrogen-bond acceptors (Lipinski definition) is 7. The third-order valence-corrected chi connectivity index (χ3v) is 5.10. The van der Waals surface area contributed by atoms with Crippen molar-refractivity contribution in [1.82, 2.24) is 9.88 Å². The van der Waals surface area contributed by atoms with E-state index in [1.165, 1.54) is 25.3 Å². The fraction of sp³-hybridized carbons (Fsp3) is 0.200. The number of ether oxygens (including phenoxy) is 2. The topological polar surface area (TPSA) is 149 Å². The number of carbonyl (C=O) groups excluding carboxylic acids is 2. The molecular weight excluding hydrogens is 488 g/mol. The van der Waals surface area contributed by atoms with E-state index in [1.807, 2.05) is 0 Å². The number of nitrogen functional groups attached to an aromatic ring is 1. The lowest BCUT2D eigenvalue weighted by Gasteiger charge is -2.32. The summed E-state index contributed by atoms with van der Waals surface area (Å²) in [6.45, 7) is 1.64. The molecule has 37 heavy (non-hydrogen) atoms. The van der Waals surface area contributed by atoms with Gasteiger partial charge in [-0.15, -0.1) is 0 Å². The van der Waals surface area contributed by atoms with Crippen LogP contribution in [0.4, 0.5) is 20.2 Å². The first-order valence-corrected chi connectivity index (χ1v) is 11.1. The Morgan fingerprint density at radius 2 is 1.76 bits per heavy atom. The second kappa shape index (κ2) is 11.4. The third kappa shape index (κ3) is 5.98. The zero-order chi connectivity index (χ0) is 27.2. The average molecular weight is 514 g/mol. The van der Waals surface area contributed by atoms with Gasteiger partial charge in [-0.3, -0.25) is 19.8 Å². The molecule has 194 valence electrons. The van der Waals surface area contributed by atoms with Crippen LogP contribution in [0.1, 0.15) is 25.0 Å². The molecule has 0 spiro atoms. The van der Waals surface area contributed by atoms with Crippen molar-refractivity contribution in [3.63, 3.8) is 0 Å². The monoisotopic (exact) mass is 513 g/mol. The molecule has 0 saturated heterocycles. The lowest BCUT2D eigenvalue weighted by Crippen LogP contribution is -2.56. The van der Waals surface area contributed by atoms with Gasteiger partial charge in [-0.25, -0.2) is 13.3 Å². The molecule has 3 aromatic rings. The summed E-state index contributed by atoms with van der Waals surface area (Å²) in [4.78, 5) is 38.8. The van der Waals surface area contributed by atoms with Crippen molar-refractivity contribution in [2.45, 2.75) is 26.3 Å². The zero-order valence-corrected chi connectivity index (χ0v) is 20.0. The fourth-order valence-corrected chi connectivity index (χ4v) is 3.47. The van der Waals surface area contributed by atoms with E-state index in [4.69, 9.17) is 20.6 Å². The first kappa shape index (κ1) is 27.0. The van der Waals surface area contributed by atoms with Crippen LogP contribution in [0.15, 0.2) is 65.6 Å². The highest BCUT2D eigenvalue weighted by Gasteiger charge is 2.47. The van der Waals surface area contributed by atoms with Crippen LogP contribution < -0.4 is 21.9 Å². The van der Waals surface area contributed by atoms with Crippen molar-refractivity contribution in [3.8, 4) is 0 Å². The predicted molar refractivity (Wildman–Crippen MR) is 131 cm³/mol. The van der Waals surface area contributed by atoms with E-state index in [1.54, 1.807) is 30.3 Å². The highest BCUT2D eigenvalue weighted by molar-refractivity contribution is 5.95. The summed E-state index contributed by atoms with van der Waals surface area (Å²) >= 11 is 0. The molecule has 1 amide bonds. The number of para-hydroxylation sites is 1. The molecular formula is C25H25F2N5O5. The van der Waals surface area contributed by atoms with Crippen LogP contribution in [0.3, 0.4) is 0 Å². The minimum Gasteiger partial charge on any atom is -0.405 e. The normalized spacial score (nSPS) is 12.3. The summed E-state index contributed by atoms with van der Waals surface area (Å²) in [5.41, 5.74) is 4.39. The largest absolute Gasteiger partial charge is 0.405 e. The second-order valence-corrected chi connectivity index (χ2v) is 7.71. The van der Waals surface area contributed by atoms with E-state index in [0.29, 0.717) is 5.69 Å². The van der Waals surface area contributed by atoms with Gasteiger partial charge in [0.15, 0.2) is 0 Å². The van der Waals surface area contributed by atoms with Crippen molar-refractivity contribution in [1.29, 1.82) is 5.41 Å². The molecule has 10 nitrogen and oxygen atoms in total. The number of hydrogen-bond donors (Lipinski definition) is 4. The van der Waals surface area contributed by atoms with E-state index in [0.717, 1.165) is 23.6 Å². The summed E-state index contributed by atoms with van der Waals surface area (Å²) < 4.78 is 40.5. The predicted octanol–water partition coefficient (Wildman–Crippen LogP) is 2.68. The van der Waals surface area contributed by atoms with Gasteiger partial charge in [-0.1, -0.05) is 18.2 Å². The zero-order valence-electron chi connectivity index (χ0n) is 20.0. The standard InChI is InChI=1S/C25H25F2N5O5/c1-3-36-25(37-15(2)33,24(35)30-14-18-19(26)12-16(22(28)29)13-20(18)27)32-11-7-10-21(23(32)34)31-17-8-5-4-6-9-17/h4-13,31H,3,14H2,1-2H3,(H3,28,29)(H,30,35)/t25-/m0/s1. The van der Waals surface area contributed by atoms with Crippen LogP contribution in [0.25, 0.3) is 0 Å². The van der Waals surface area contributed by atoms with Crippen LogP contribution in [0.5, 0.6) is 0 Å². The lowest BCUT2D eigenvalue weighted by atomic mass is 10.1. The average Bonchev–Trinajstić information content (AvgIpc) is 2.84. The quantitative estimate of drug-likeness (QED) is 0.141. The number of aromatic nitrogens is 1. The number of carbonyl (C=O) groups is 2. The minimum atomic E-state index is -2.63. The number of nitrogens with zero attached hydrogens (tertiary/aromatic N) is 1. The number of nitrogens with one attached hydrogen (secondary N) is 3. The van der Waals surface area contributed by atoms with Crippen molar-refractivity contribution >= 4 is 29.1 Å².